The Bertz CT molecular complexity index is 670. The van der Waals surface area contributed by atoms with Crippen molar-refractivity contribution >= 4 is 16.2 Å². The van der Waals surface area contributed by atoms with Gasteiger partial charge < -0.3 is 9.30 Å². The third kappa shape index (κ3) is 2.03. The molecule has 2 heterocycles. The van der Waals surface area contributed by atoms with Gasteiger partial charge in [0.05, 0.1) is 12.8 Å². The van der Waals surface area contributed by atoms with Gasteiger partial charge in [0.25, 0.3) is 0 Å². The van der Waals surface area contributed by atoms with Crippen LogP contribution in [0.5, 0.6) is 0 Å². The number of nitrogens with zero attached hydrogens (tertiary/aromatic N) is 2. The van der Waals surface area contributed by atoms with Crippen molar-refractivity contribution in [3.8, 4) is 5.69 Å². The van der Waals surface area contributed by atoms with Crippen LogP contribution in [0.1, 0.15) is 10.5 Å². The molecule has 0 unspecified atom stereocenters. The van der Waals surface area contributed by atoms with Crippen molar-refractivity contribution in [1.29, 1.82) is 0 Å². The molecular formula is C10H11N3O4S. The van der Waals surface area contributed by atoms with E-state index >= 15 is 0 Å². The van der Waals surface area contributed by atoms with E-state index < -0.39 is 16.2 Å². The highest BCUT2D eigenvalue weighted by Gasteiger charge is 2.23. The largest absolute Gasteiger partial charge is 0.464 e. The second kappa shape index (κ2) is 4.31. The smallest absolute Gasteiger partial charge is 0.357 e. The molecule has 2 rings (SSSR count). The van der Waals surface area contributed by atoms with E-state index in [-0.39, 0.29) is 5.69 Å². The minimum atomic E-state index is -4.06. The summed E-state index contributed by atoms with van der Waals surface area (Å²) in [6, 6.07) is 4.96. The van der Waals surface area contributed by atoms with E-state index in [2.05, 4.69) is 4.74 Å². The van der Waals surface area contributed by atoms with Crippen LogP contribution in [0, 0.1) is 0 Å². The summed E-state index contributed by atoms with van der Waals surface area (Å²) in [6.07, 6.45) is 4.56. The first kappa shape index (κ1) is 12.4. The average molecular weight is 269 g/mol. The molecule has 0 aliphatic heterocycles. The topological polar surface area (TPSA) is 96.3 Å². The predicted octanol–water partition coefficient (Wildman–Crippen LogP) is 0.117. The number of carbonyl (C=O) groups excluding carboxylic acids is 1. The Balaban J connectivity index is 2.70. The number of carbonyl (C=O) groups is 1. The fourth-order valence-electron chi connectivity index (χ4n) is 1.61. The van der Waals surface area contributed by atoms with Gasteiger partial charge in [0, 0.05) is 18.6 Å². The van der Waals surface area contributed by atoms with Crippen molar-refractivity contribution in [2.75, 3.05) is 7.11 Å². The van der Waals surface area contributed by atoms with Crippen LogP contribution in [0.3, 0.4) is 0 Å². The maximum Gasteiger partial charge on any atom is 0.357 e. The van der Waals surface area contributed by atoms with Gasteiger partial charge in [-0.2, -0.15) is 8.42 Å². The van der Waals surface area contributed by atoms with Crippen LogP contribution in [0.15, 0.2) is 36.8 Å². The zero-order valence-electron chi connectivity index (χ0n) is 9.48. The zero-order valence-corrected chi connectivity index (χ0v) is 10.3. The van der Waals surface area contributed by atoms with Gasteiger partial charge in [-0.3, -0.25) is 0 Å². The van der Waals surface area contributed by atoms with E-state index in [1.54, 1.807) is 29.1 Å². The zero-order chi connectivity index (χ0) is 13.3. The summed E-state index contributed by atoms with van der Waals surface area (Å²) in [5.41, 5.74) is 0.233. The molecule has 0 saturated carbocycles. The number of hydrogen-bond acceptors (Lipinski definition) is 4. The first-order valence-corrected chi connectivity index (χ1v) is 6.42. The normalized spacial score (nSPS) is 11.4. The Morgan fingerprint density at radius 1 is 1.28 bits per heavy atom. The van der Waals surface area contributed by atoms with Gasteiger partial charge in [0.1, 0.15) is 0 Å². The molecule has 0 amide bonds. The molecule has 0 saturated heterocycles. The molecule has 2 aromatic heterocycles. The lowest BCUT2D eigenvalue weighted by Gasteiger charge is -2.08. The summed E-state index contributed by atoms with van der Waals surface area (Å²) in [5.74, 6) is -0.780. The van der Waals surface area contributed by atoms with E-state index in [4.69, 9.17) is 5.14 Å². The fraction of sp³-hybridized carbons (Fsp3) is 0.100. The Morgan fingerprint density at radius 2 is 1.89 bits per heavy atom. The molecule has 96 valence electrons. The molecule has 0 radical (unpaired) electrons. The number of rotatable bonds is 3. The van der Waals surface area contributed by atoms with Crippen molar-refractivity contribution in [2.45, 2.75) is 0 Å². The quantitative estimate of drug-likeness (QED) is 0.800. The molecule has 0 atom stereocenters. The van der Waals surface area contributed by atoms with E-state index in [1.807, 2.05) is 0 Å². The van der Waals surface area contributed by atoms with Gasteiger partial charge in [-0.15, -0.1) is 0 Å². The van der Waals surface area contributed by atoms with Crippen LogP contribution >= 0.6 is 0 Å². The summed E-state index contributed by atoms with van der Waals surface area (Å²) < 4.78 is 29.6. The van der Waals surface area contributed by atoms with E-state index in [1.165, 1.54) is 19.4 Å². The first-order chi connectivity index (χ1) is 8.45. The third-order valence-corrected chi connectivity index (χ3v) is 3.22. The summed E-state index contributed by atoms with van der Waals surface area (Å²) in [7, 11) is -2.89. The summed E-state index contributed by atoms with van der Waals surface area (Å²) in [5, 5.41) is 5.03. The minimum absolute atomic E-state index is 0.142. The first-order valence-electron chi connectivity index (χ1n) is 4.91. The second-order valence-electron chi connectivity index (χ2n) is 3.47. The van der Waals surface area contributed by atoms with Gasteiger partial charge >= 0.3 is 16.2 Å². The highest BCUT2D eigenvalue weighted by atomic mass is 32.2. The molecule has 0 spiro atoms. The van der Waals surface area contributed by atoms with Crippen LogP contribution in [0.2, 0.25) is 0 Å². The Kier molecular flexibility index (Phi) is 2.97. The summed E-state index contributed by atoms with van der Waals surface area (Å²) in [6.45, 7) is 0. The highest BCUT2D eigenvalue weighted by molar-refractivity contribution is 7.87. The van der Waals surface area contributed by atoms with Crippen LogP contribution in [0.25, 0.3) is 5.69 Å². The average Bonchev–Trinajstić information content (AvgIpc) is 2.94. The molecule has 2 N–H and O–H groups in total. The lowest BCUT2D eigenvalue weighted by molar-refractivity contribution is 0.0593. The van der Waals surface area contributed by atoms with Gasteiger partial charge in [0.2, 0.25) is 0 Å². The second-order valence-corrected chi connectivity index (χ2v) is 4.90. The summed E-state index contributed by atoms with van der Waals surface area (Å²) in [4.78, 5) is 11.7. The number of methoxy groups -OCH3 is 1. The van der Waals surface area contributed by atoms with Crippen LogP contribution < -0.4 is 5.14 Å². The van der Waals surface area contributed by atoms with Crippen LogP contribution in [0.4, 0.5) is 0 Å². The Hall–Kier alpha value is -2.06. The lowest BCUT2D eigenvalue weighted by Crippen LogP contribution is -2.25. The standard InChI is InChI=1S/C10H11N3O4S/c1-17-10(14)9-8(12-5-2-3-6-12)4-7-13(9)18(11,15)16/h2-7H,1H3,(H2,11,15,16). The lowest BCUT2D eigenvalue weighted by atomic mass is 10.3. The van der Waals surface area contributed by atoms with Crippen molar-refractivity contribution in [2.24, 2.45) is 5.14 Å². The van der Waals surface area contributed by atoms with Crippen molar-refractivity contribution < 1.29 is 17.9 Å². The number of aromatic nitrogens is 2. The van der Waals surface area contributed by atoms with Gasteiger partial charge in [0.15, 0.2) is 5.69 Å². The molecule has 18 heavy (non-hydrogen) atoms. The molecule has 0 fully saturated rings. The molecule has 0 aliphatic carbocycles. The maximum atomic E-state index is 11.7. The minimum Gasteiger partial charge on any atom is -0.464 e. The van der Waals surface area contributed by atoms with Crippen molar-refractivity contribution in [3.05, 3.63) is 42.5 Å². The molecule has 2 aromatic rings. The number of nitrogens with two attached hydrogens (primary N) is 1. The predicted molar refractivity (Wildman–Crippen MR) is 63.6 cm³/mol. The van der Waals surface area contributed by atoms with Crippen LogP contribution in [-0.4, -0.2) is 30.0 Å². The van der Waals surface area contributed by atoms with E-state index in [9.17, 15) is 13.2 Å². The van der Waals surface area contributed by atoms with Gasteiger partial charge in [-0.25, -0.2) is 13.9 Å². The Labute approximate surface area is 104 Å². The SMILES string of the molecule is COC(=O)c1c(-n2cccc2)ccn1S(N)(=O)=O. The van der Waals surface area contributed by atoms with E-state index in [0.29, 0.717) is 9.66 Å². The molecule has 8 heteroatoms. The molecule has 7 nitrogen and oxygen atoms in total. The van der Waals surface area contributed by atoms with Crippen molar-refractivity contribution in [3.63, 3.8) is 0 Å². The van der Waals surface area contributed by atoms with E-state index in [0.717, 1.165) is 0 Å². The molecule has 0 aliphatic rings. The monoisotopic (exact) mass is 269 g/mol. The third-order valence-electron chi connectivity index (χ3n) is 2.37. The fourth-order valence-corrected chi connectivity index (χ4v) is 2.26. The molecule has 0 aromatic carbocycles. The number of ether oxygens (including phenoxy) is 1. The number of esters is 1. The molecular weight excluding hydrogens is 258 g/mol. The number of hydrogen-bond donors (Lipinski definition) is 1. The van der Waals surface area contributed by atoms with Crippen LogP contribution in [-0.2, 0) is 14.9 Å². The highest BCUT2D eigenvalue weighted by Crippen LogP contribution is 2.18. The van der Waals surface area contributed by atoms with Gasteiger partial charge in [-0.1, -0.05) is 0 Å². The Morgan fingerprint density at radius 3 is 2.39 bits per heavy atom. The molecule has 0 bridgehead atoms. The summed E-state index contributed by atoms with van der Waals surface area (Å²) >= 11 is 0. The van der Waals surface area contributed by atoms with Gasteiger partial charge in [-0.05, 0) is 18.2 Å². The van der Waals surface area contributed by atoms with Crippen molar-refractivity contribution in [1.82, 2.24) is 8.54 Å². The maximum absolute atomic E-state index is 11.7.